The van der Waals surface area contributed by atoms with E-state index in [0.717, 1.165) is 0 Å². The quantitative estimate of drug-likeness (QED) is 0.640. The van der Waals surface area contributed by atoms with Crippen LogP contribution in [0.15, 0.2) is 4.52 Å². The third-order valence-corrected chi connectivity index (χ3v) is 1.95. The summed E-state index contributed by atoms with van der Waals surface area (Å²) >= 11 is 5.34. The average molecular weight is 247 g/mol. The van der Waals surface area contributed by atoms with Gasteiger partial charge in [0.15, 0.2) is 0 Å². The molecule has 0 bridgehead atoms. The number of amides is 1. The maximum absolute atomic E-state index is 11.4. The molecule has 1 amide bonds. The Kier molecular flexibility index (Phi) is 4.30. The van der Waals surface area contributed by atoms with Crippen molar-refractivity contribution < 1.29 is 18.8 Å². The van der Waals surface area contributed by atoms with E-state index in [1.807, 2.05) is 0 Å². The van der Waals surface area contributed by atoms with Crippen molar-refractivity contribution in [1.82, 2.24) is 5.16 Å². The Labute approximate surface area is 96.9 Å². The summed E-state index contributed by atoms with van der Waals surface area (Å²) in [6.45, 7) is 3.47. The monoisotopic (exact) mass is 246 g/mol. The summed E-state index contributed by atoms with van der Waals surface area (Å²) in [6, 6.07) is 0. The van der Waals surface area contributed by atoms with Crippen LogP contribution in [0.2, 0.25) is 0 Å². The lowest BCUT2D eigenvalue weighted by Gasteiger charge is -2.02. The molecule has 1 rings (SSSR count). The molecule has 88 valence electrons. The molecule has 1 heterocycles. The van der Waals surface area contributed by atoms with Crippen molar-refractivity contribution in [2.45, 2.75) is 13.8 Å². The Morgan fingerprint density at radius 3 is 2.81 bits per heavy atom. The van der Waals surface area contributed by atoms with E-state index in [1.54, 1.807) is 13.8 Å². The molecule has 0 atom stereocenters. The molecule has 1 N–H and O–H groups in total. The number of ether oxygens (including phenoxy) is 1. The molecule has 1 aromatic heterocycles. The first-order valence-corrected chi connectivity index (χ1v) is 5.12. The number of aryl methyl sites for hydroxylation is 1. The summed E-state index contributed by atoms with van der Waals surface area (Å²) in [6.07, 6.45) is 0. The lowest BCUT2D eigenvalue weighted by molar-refractivity contribution is -0.113. The standard InChI is InChI=1S/C9H11ClN2O4/c1-3-15-9(14)8-7(5(2)12-16-8)11-6(13)4-10/h3-4H2,1-2H3,(H,11,13). The maximum atomic E-state index is 11.4. The molecule has 0 aliphatic carbocycles. The van der Waals surface area contributed by atoms with Crippen molar-refractivity contribution >= 4 is 29.2 Å². The lowest BCUT2D eigenvalue weighted by atomic mass is 10.3. The number of carbonyl (C=O) groups is 2. The minimum Gasteiger partial charge on any atom is -0.460 e. The molecule has 0 saturated heterocycles. The van der Waals surface area contributed by atoms with Gasteiger partial charge in [0.25, 0.3) is 5.76 Å². The van der Waals surface area contributed by atoms with Crippen molar-refractivity contribution in [3.05, 3.63) is 11.5 Å². The molecule has 0 saturated carbocycles. The van der Waals surface area contributed by atoms with Crippen LogP contribution in [0.25, 0.3) is 0 Å². The smallest absolute Gasteiger partial charge is 0.379 e. The van der Waals surface area contributed by atoms with Crippen LogP contribution < -0.4 is 5.32 Å². The van der Waals surface area contributed by atoms with Crippen molar-refractivity contribution in [2.75, 3.05) is 17.8 Å². The predicted octanol–water partition coefficient (Wildman–Crippen LogP) is 1.34. The Hall–Kier alpha value is -1.56. The van der Waals surface area contributed by atoms with Crippen LogP contribution in [0, 0.1) is 6.92 Å². The molecule has 0 fully saturated rings. The van der Waals surface area contributed by atoms with Crippen LogP contribution >= 0.6 is 11.6 Å². The highest BCUT2D eigenvalue weighted by Crippen LogP contribution is 2.20. The fraction of sp³-hybridized carbons (Fsp3) is 0.444. The zero-order valence-corrected chi connectivity index (χ0v) is 9.63. The number of anilines is 1. The highest BCUT2D eigenvalue weighted by atomic mass is 35.5. The van der Waals surface area contributed by atoms with Gasteiger partial charge >= 0.3 is 5.97 Å². The number of halogens is 1. The minimum absolute atomic E-state index is 0.127. The van der Waals surface area contributed by atoms with Gasteiger partial charge in [-0.2, -0.15) is 0 Å². The van der Waals surface area contributed by atoms with Crippen LogP contribution in [0.5, 0.6) is 0 Å². The van der Waals surface area contributed by atoms with E-state index in [-0.39, 0.29) is 23.9 Å². The predicted molar refractivity (Wildman–Crippen MR) is 56.5 cm³/mol. The normalized spacial score (nSPS) is 9.94. The second kappa shape index (κ2) is 5.50. The highest BCUT2D eigenvalue weighted by Gasteiger charge is 2.22. The van der Waals surface area contributed by atoms with Crippen LogP contribution in [0.3, 0.4) is 0 Å². The topological polar surface area (TPSA) is 81.4 Å². The zero-order valence-electron chi connectivity index (χ0n) is 8.87. The minimum atomic E-state index is -0.673. The molecule has 0 aliphatic rings. The number of nitrogens with zero attached hydrogens (tertiary/aromatic N) is 1. The zero-order chi connectivity index (χ0) is 12.1. The molecular weight excluding hydrogens is 236 g/mol. The first kappa shape index (κ1) is 12.5. The van der Waals surface area contributed by atoms with Crippen molar-refractivity contribution in [3.63, 3.8) is 0 Å². The van der Waals surface area contributed by atoms with Crippen LogP contribution in [0.1, 0.15) is 23.2 Å². The van der Waals surface area contributed by atoms with Gasteiger partial charge in [-0.05, 0) is 13.8 Å². The van der Waals surface area contributed by atoms with Gasteiger partial charge in [0.05, 0.1) is 6.61 Å². The van der Waals surface area contributed by atoms with Crippen molar-refractivity contribution in [1.29, 1.82) is 0 Å². The molecule has 0 radical (unpaired) electrons. The van der Waals surface area contributed by atoms with Crippen LogP contribution in [-0.2, 0) is 9.53 Å². The Morgan fingerprint density at radius 1 is 1.56 bits per heavy atom. The number of rotatable bonds is 4. The number of hydrogen-bond acceptors (Lipinski definition) is 5. The summed E-state index contributed by atoms with van der Waals surface area (Å²) in [5.41, 5.74) is 0.589. The molecule has 0 aromatic carbocycles. The molecule has 0 spiro atoms. The third kappa shape index (κ3) is 2.73. The molecule has 6 nitrogen and oxygen atoms in total. The Balaban J connectivity index is 2.93. The van der Waals surface area contributed by atoms with E-state index in [2.05, 4.69) is 10.5 Å². The maximum Gasteiger partial charge on any atom is 0.379 e. The van der Waals surface area contributed by atoms with Gasteiger partial charge < -0.3 is 14.6 Å². The lowest BCUT2D eigenvalue weighted by Crippen LogP contribution is -2.16. The molecule has 1 aromatic rings. The summed E-state index contributed by atoms with van der Waals surface area (Å²) in [5.74, 6) is -1.46. The largest absolute Gasteiger partial charge is 0.460 e. The number of carbonyl (C=O) groups excluding carboxylic acids is 2. The Morgan fingerprint density at radius 2 is 2.25 bits per heavy atom. The molecule has 7 heteroatoms. The van der Waals surface area contributed by atoms with E-state index in [9.17, 15) is 9.59 Å². The van der Waals surface area contributed by atoms with E-state index in [4.69, 9.17) is 20.9 Å². The molecule has 0 unspecified atom stereocenters. The van der Waals surface area contributed by atoms with E-state index >= 15 is 0 Å². The highest BCUT2D eigenvalue weighted by molar-refractivity contribution is 6.29. The van der Waals surface area contributed by atoms with Gasteiger partial charge in [-0.15, -0.1) is 11.6 Å². The second-order valence-electron chi connectivity index (χ2n) is 2.87. The first-order valence-electron chi connectivity index (χ1n) is 4.59. The summed E-state index contributed by atoms with van der Waals surface area (Å²) in [4.78, 5) is 22.5. The number of aromatic nitrogens is 1. The molecule has 0 aliphatic heterocycles. The van der Waals surface area contributed by atoms with Crippen molar-refractivity contribution in [3.8, 4) is 0 Å². The number of esters is 1. The van der Waals surface area contributed by atoms with Crippen LogP contribution in [-0.4, -0.2) is 29.5 Å². The fourth-order valence-electron chi connectivity index (χ4n) is 1.03. The van der Waals surface area contributed by atoms with Crippen molar-refractivity contribution in [2.24, 2.45) is 0 Å². The van der Waals surface area contributed by atoms with Gasteiger partial charge in [-0.1, -0.05) is 5.16 Å². The number of hydrogen-bond donors (Lipinski definition) is 1. The van der Waals surface area contributed by atoms with E-state index in [1.165, 1.54) is 0 Å². The second-order valence-corrected chi connectivity index (χ2v) is 3.14. The summed E-state index contributed by atoms with van der Waals surface area (Å²) in [5, 5.41) is 5.99. The average Bonchev–Trinajstić information content (AvgIpc) is 2.61. The van der Waals surface area contributed by atoms with Gasteiger partial charge in [-0.25, -0.2) is 4.79 Å². The van der Waals surface area contributed by atoms with E-state index in [0.29, 0.717) is 5.69 Å². The van der Waals surface area contributed by atoms with Gasteiger partial charge in [0, 0.05) is 0 Å². The van der Waals surface area contributed by atoms with Crippen LogP contribution in [0.4, 0.5) is 5.69 Å². The van der Waals surface area contributed by atoms with Gasteiger partial charge in [-0.3, -0.25) is 4.79 Å². The third-order valence-electron chi connectivity index (χ3n) is 1.71. The SMILES string of the molecule is CCOC(=O)c1onc(C)c1NC(=O)CCl. The number of nitrogens with one attached hydrogen (secondary N) is 1. The van der Waals surface area contributed by atoms with E-state index < -0.39 is 11.9 Å². The fourth-order valence-corrected chi connectivity index (χ4v) is 1.09. The number of alkyl halides is 1. The summed E-state index contributed by atoms with van der Waals surface area (Å²) in [7, 11) is 0. The van der Waals surface area contributed by atoms with Gasteiger partial charge in [0.1, 0.15) is 17.3 Å². The summed E-state index contributed by atoms with van der Waals surface area (Å²) < 4.78 is 9.51. The van der Waals surface area contributed by atoms with Gasteiger partial charge in [0.2, 0.25) is 5.91 Å². The Bertz CT molecular complexity index is 402. The first-order chi connectivity index (χ1) is 7.60. The molecular formula is C9H11ClN2O4. The molecule has 16 heavy (non-hydrogen) atoms.